The summed E-state index contributed by atoms with van der Waals surface area (Å²) in [7, 11) is 0. The minimum atomic E-state index is 0.503. The molecule has 54 heavy (non-hydrogen) atoms. The van der Waals surface area contributed by atoms with Crippen LogP contribution in [0.5, 0.6) is 0 Å². The zero-order chi connectivity index (χ0) is 35.8. The highest BCUT2D eigenvalue weighted by molar-refractivity contribution is 5.49. The Morgan fingerprint density at radius 2 is 1.56 bits per heavy atom. The van der Waals surface area contributed by atoms with E-state index in [4.69, 9.17) is 0 Å². The molecule has 9 aliphatic carbocycles. The Kier molecular flexibility index (Phi) is 10.2. The summed E-state index contributed by atoms with van der Waals surface area (Å²) < 4.78 is 0. The molecule has 2 heteroatoms. The fourth-order valence-corrected chi connectivity index (χ4v) is 13.0. The fraction of sp³-hybridized carbons (Fsp3) is 0.538. The van der Waals surface area contributed by atoms with Crippen LogP contribution in [-0.2, 0) is 0 Å². The summed E-state index contributed by atoms with van der Waals surface area (Å²) in [6.07, 6.45) is 59.8. The van der Waals surface area contributed by atoms with Crippen molar-refractivity contribution in [3.63, 3.8) is 0 Å². The van der Waals surface area contributed by atoms with Crippen LogP contribution in [0.4, 0.5) is 0 Å². The van der Waals surface area contributed by atoms with Crippen LogP contribution in [0.15, 0.2) is 141 Å². The van der Waals surface area contributed by atoms with E-state index in [1.54, 1.807) is 44.7 Å². The summed E-state index contributed by atoms with van der Waals surface area (Å²) in [6, 6.07) is 0.646. The third kappa shape index (κ3) is 6.78. The molecule has 2 N–H and O–H groups in total. The van der Waals surface area contributed by atoms with Gasteiger partial charge in [0.05, 0.1) is 0 Å². The topological polar surface area (TPSA) is 24.1 Å². The van der Waals surface area contributed by atoms with Gasteiger partial charge in [0, 0.05) is 42.6 Å². The molecule has 0 amide bonds. The Balaban J connectivity index is 0.914. The highest BCUT2D eigenvalue weighted by Gasteiger charge is 2.42. The number of nitrogens with one attached hydrogen (secondary N) is 2. The van der Waals surface area contributed by atoms with E-state index in [1.165, 1.54) is 108 Å². The summed E-state index contributed by atoms with van der Waals surface area (Å²) in [5.74, 6) is 5.09. The first kappa shape index (κ1) is 35.1. The monoisotopic (exact) mass is 717 g/mol. The molecule has 1 saturated carbocycles. The van der Waals surface area contributed by atoms with Gasteiger partial charge in [-0.2, -0.15) is 0 Å². The number of hydrogen-bond acceptors (Lipinski definition) is 2. The van der Waals surface area contributed by atoms with E-state index in [0.29, 0.717) is 41.5 Å². The van der Waals surface area contributed by atoms with E-state index in [1.807, 2.05) is 0 Å². The highest BCUT2D eigenvalue weighted by atomic mass is 14.9. The van der Waals surface area contributed by atoms with Crippen molar-refractivity contribution >= 4 is 0 Å². The molecule has 8 unspecified atom stereocenters. The molecule has 10 rings (SSSR count). The highest BCUT2D eigenvalue weighted by Crippen LogP contribution is 2.52. The second kappa shape index (κ2) is 15.6. The number of fused-ring (bicyclic) bond motifs is 3. The molecule has 0 spiro atoms. The van der Waals surface area contributed by atoms with Crippen molar-refractivity contribution in [2.75, 3.05) is 13.1 Å². The molecule has 0 aromatic rings. The van der Waals surface area contributed by atoms with Crippen LogP contribution < -0.4 is 10.6 Å². The average Bonchev–Trinajstić information content (AvgIpc) is 3.78. The van der Waals surface area contributed by atoms with Crippen molar-refractivity contribution in [2.45, 2.75) is 115 Å². The minimum absolute atomic E-state index is 0.503. The van der Waals surface area contributed by atoms with Crippen LogP contribution in [0.3, 0.4) is 0 Å². The second-order valence-corrected chi connectivity index (χ2v) is 18.5. The molecule has 1 fully saturated rings. The standard InChI is InChI=1S/C52H64N2/c1-2-13-40(14-3-1)54-52-33-38(44-27-28-45(39-31-32-53-34-39)48-18-7-6-17-47(44)48)25-26-51(52)50-30-29-43(46-16-8-9-19-49(46)50)37-23-21-36(22-24-37)42-20-10-12-35-11-4-5-15-41(35)42/h4-8,11,15-18,23,25,28,31,33,35-36,40,44,47-51,53-54H,1-3,9-10,12-14,19-22,24,26-27,29-30,32,34H2. The average molecular weight is 717 g/mol. The van der Waals surface area contributed by atoms with Crippen LogP contribution in [0, 0.1) is 47.3 Å². The van der Waals surface area contributed by atoms with Crippen molar-refractivity contribution in [1.29, 1.82) is 0 Å². The van der Waals surface area contributed by atoms with Crippen molar-refractivity contribution in [1.82, 2.24) is 10.6 Å². The summed E-state index contributed by atoms with van der Waals surface area (Å²) in [5, 5.41) is 7.89. The van der Waals surface area contributed by atoms with E-state index < -0.39 is 0 Å². The van der Waals surface area contributed by atoms with Gasteiger partial charge >= 0.3 is 0 Å². The normalized spacial score (nSPS) is 36.5. The van der Waals surface area contributed by atoms with Gasteiger partial charge in [-0.1, -0.05) is 110 Å². The van der Waals surface area contributed by atoms with E-state index in [2.05, 4.69) is 102 Å². The fourth-order valence-electron chi connectivity index (χ4n) is 13.0. The Labute approximate surface area is 326 Å². The van der Waals surface area contributed by atoms with Crippen molar-refractivity contribution < 1.29 is 0 Å². The van der Waals surface area contributed by atoms with Gasteiger partial charge in [0.1, 0.15) is 0 Å². The molecule has 1 heterocycles. The molecule has 8 atom stereocenters. The van der Waals surface area contributed by atoms with Gasteiger partial charge in [0.2, 0.25) is 0 Å². The molecule has 0 bridgehead atoms. The quantitative estimate of drug-likeness (QED) is 0.274. The van der Waals surface area contributed by atoms with E-state index in [9.17, 15) is 0 Å². The molecular formula is C52H64N2. The van der Waals surface area contributed by atoms with E-state index in [0.717, 1.165) is 31.3 Å². The van der Waals surface area contributed by atoms with Crippen LogP contribution in [0.1, 0.15) is 109 Å². The van der Waals surface area contributed by atoms with Crippen molar-refractivity contribution in [3.8, 4) is 0 Å². The molecular weight excluding hydrogens is 653 g/mol. The number of rotatable bonds is 7. The number of allylic oxidation sites excluding steroid dienone is 21. The molecule has 282 valence electrons. The van der Waals surface area contributed by atoms with Gasteiger partial charge in [-0.3, -0.25) is 0 Å². The van der Waals surface area contributed by atoms with Gasteiger partial charge in [-0.05, 0) is 165 Å². The largest absolute Gasteiger partial charge is 0.385 e. The Hall–Kier alpha value is -3.36. The van der Waals surface area contributed by atoms with Crippen LogP contribution >= 0.6 is 0 Å². The predicted molar refractivity (Wildman–Crippen MR) is 226 cm³/mol. The maximum absolute atomic E-state index is 4.32. The third-order valence-electron chi connectivity index (χ3n) is 15.7. The summed E-state index contributed by atoms with van der Waals surface area (Å²) in [4.78, 5) is 0. The minimum Gasteiger partial charge on any atom is -0.385 e. The van der Waals surface area contributed by atoms with Crippen LogP contribution in [0.2, 0.25) is 0 Å². The lowest BCUT2D eigenvalue weighted by Gasteiger charge is -2.45. The van der Waals surface area contributed by atoms with Crippen LogP contribution in [-0.4, -0.2) is 19.1 Å². The maximum Gasteiger partial charge on any atom is 0.0258 e. The first-order valence-electron chi connectivity index (χ1n) is 22.6. The van der Waals surface area contributed by atoms with Gasteiger partial charge in [-0.15, -0.1) is 0 Å². The third-order valence-corrected chi connectivity index (χ3v) is 15.7. The zero-order valence-corrected chi connectivity index (χ0v) is 32.8. The second-order valence-electron chi connectivity index (χ2n) is 18.5. The molecule has 1 aliphatic heterocycles. The first-order chi connectivity index (χ1) is 26.8. The Morgan fingerprint density at radius 3 is 2.44 bits per heavy atom. The summed E-state index contributed by atoms with van der Waals surface area (Å²) in [6.45, 7) is 2.04. The van der Waals surface area contributed by atoms with E-state index in [-0.39, 0.29) is 0 Å². The SMILES string of the molecule is C1=CC2=C(C3CC=C(C4=C5C=CCCC5C(C5CC=C(C6CC=C(C7=CCNC7)C7C=CC=CC76)C=C5NC5CCCCC5)CC4)CC3)CCCC2C=C1. The molecule has 0 aromatic heterocycles. The molecule has 0 radical (unpaired) electrons. The lowest BCUT2D eigenvalue weighted by Crippen LogP contribution is -2.40. The molecule has 0 saturated heterocycles. The zero-order valence-electron chi connectivity index (χ0n) is 32.8. The van der Waals surface area contributed by atoms with Gasteiger partial charge in [0.25, 0.3) is 0 Å². The van der Waals surface area contributed by atoms with Crippen molar-refractivity contribution in [2.24, 2.45) is 47.3 Å². The Bertz CT molecular complexity index is 1850. The van der Waals surface area contributed by atoms with Gasteiger partial charge < -0.3 is 10.6 Å². The maximum atomic E-state index is 4.32. The number of hydrogen-bond donors (Lipinski definition) is 2. The Morgan fingerprint density at radius 1 is 0.648 bits per heavy atom. The molecule has 2 nitrogen and oxygen atoms in total. The summed E-state index contributed by atoms with van der Waals surface area (Å²) >= 11 is 0. The predicted octanol–water partition coefficient (Wildman–Crippen LogP) is 12.2. The lowest BCUT2D eigenvalue weighted by molar-refractivity contribution is 0.224. The van der Waals surface area contributed by atoms with Gasteiger partial charge in [-0.25, -0.2) is 0 Å². The molecule has 0 aromatic carbocycles. The lowest BCUT2D eigenvalue weighted by atomic mass is 9.61. The molecule has 10 aliphatic rings. The smallest absolute Gasteiger partial charge is 0.0258 e. The summed E-state index contributed by atoms with van der Waals surface area (Å²) in [5.41, 5.74) is 15.0. The van der Waals surface area contributed by atoms with Crippen molar-refractivity contribution in [3.05, 3.63) is 141 Å². The first-order valence-corrected chi connectivity index (χ1v) is 22.6. The van der Waals surface area contributed by atoms with Gasteiger partial charge in [0.15, 0.2) is 0 Å². The van der Waals surface area contributed by atoms with Crippen LogP contribution in [0.25, 0.3) is 0 Å². The van der Waals surface area contributed by atoms with E-state index >= 15 is 0 Å².